The molecular formula is C32H33F3N4O7. The number of halogens is 3. The molecule has 11 nitrogen and oxygen atoms in total. The van der Waals surface area contributed by atoms with E-state index >= 15 is 0 Å². The summed E-state index contributed by atoms with van der Waals surface area (Å²) in [6.45, 7) is 2.25. The lowest BCUT2D eigenvalue weighted by atomic mass is 10.1. The van der Waals surface area contributed by atoms with Crippen molar-refractivity contribution in [1.29, 1.82) is 0 Å². The molecule has 0 spiro atoms. The van der Waals surface area contributed by atoms with E-state index in [1.165, 1.54) is 19.2 Å². The van der Waals surface area contributed by atoms with Crippen LogP contribution in [-0.2, 0) is 20.7 Å². The third-order valence-electron chi connectivity index (χ3n) is 7.30. The third kappa shape index (κ3) is 8.46. The largest absolute Gasteiger partial charge is 0.495 e. The highest BCUT2D eigenvalue weighted by Gasteiger charge is 2.39. The second-order valence-electron chi connectivity index (χ2n) is 10.5. The SMILES string of the molecule is COC(=O)c1ccc(OC[C@@H]2CCCN2C(=O)Cc2ccc(NC(=O)Nc3ccccc3C)c(OC)c2)c(NC(=O)C(F)(F)F)c1. The molecule has 1 aliphatic heterocycles. The minimum atomic E-state index is -5.17. The van der Waals surface area contributed by atoms with Crippen molar-refractivity contribution in [2.45, 2.75) is 38.4 Å². The Bertz CT molecular complexity index is 1610. The Kier molecular flexibility index (Phi) is 10.7. The van der Waals surface area contributed by atoms with Crippen LogP contribution in [0.15, 0.2) is 60.7 Å². The molecule has 3 N–H and O–H groups in total. The number of rotatable bonds is 10. The fourth-order valence-corrected chi connectivity index (χ4v) is 4.93. The Labute approximate surface area is 263 Å². The second kappa shape index (κ2) is 14.7. The summed E-state index contributed by atoms with van der Waals surface area (Å²) in [7, 11) is 2.56. The molecule has 46 heavy (non-hydrogen) atoms. The summed E-state index contributed by atoms with van der Waals surface area (Å²) >= 11 is 0. The predicted octanol–water partition coefficient (Wildman–Crippen LogP) is 5.55. The number of anilines is 3. The number of esters is 1. The molecule has 4 rings (SSSR count). The first-order valence-corrected chi connectivity index (χ1v) is 14.2. The summed E-state index contributed by atoms with van der Waals surface area (Å²) in [5.74, 6) is -3.01. The molecule has 14 heteroatoms. The number of hydrogen-bond donors (Lipinski definition) is 3. The van der Waals surface area contributed by atoms with Crippen LogP contribution in [0.5, 0.6) is 11.5 Å². The van der Waals surface area contributed by atoms with Crippen molar-refractivity contribution in [3.63, 3.8) is 0 Å². The lowest BCUT2D eigenvalue weighted by Crippen LogP contribution is -2.40. The molecule has 0 unspecified atom stereocenters. The first kappa shape index (κ1) is 33.6. The van der Waals surface area contributed by atoms with Gasteiger partial charge in [-0.25, -0.2) is 9.59 Å². The number of alkyl halides is 3. The monoisotopic (exact) mass is 642 g/mol. The minimum Gasteiger partial charge on any atom is -0.495 e. The van der Waals surface area contributed by atoms with Crippen molar-refractivity contribution in [2.75, 3.05) is 43.3 Å². The molecule has 244 valence electrons. The zero-order chi connectivity index (χ0) is 33.4. The number of benzene rings is 3. The number of methoxy groups -OCH3 is 2. The van der Waals surface area contributed by atoms with Crippen molar-refractivity contribution in [3.8, 4) is 11.5 Å². The smallest absolute Gasteiger partial charge is 0.471 e. The maximum absolute atomic E-state index is 13.3. The van der Waals surface area contributed by atoms with Crippen molar-refractivity contribution in [3.05, 3.63) is 77.4 Å². The number of nitrogens with zero attached hydrogens (tertiary/aromatic N) is 1. The van der Waals surface area contributed by atoms with Crippen LogP contribution < -0.4 is 25.4 Å². The Morgan fingerprint density at radius 1 is 0.891 bits per heavy atom. The average molecular weight is 643 g/mol. The second-order valence-corrected chi connectivity index (χ2v) is 10.5. The summed E-state index contributed by atoms with van der Waals surface area (Å²) in [5.41, 5.74) is 2.14. The summed E-state index contributed by atoms with van der Waals surface area (Å²) < 4.78 is 54.7. The normalized spacial score (nSPS) is 14.3. The van der Waals surface area contributed by atoms with Gasteiger partial charge in [-0.1, -0.05) is 24.3 Å². The number of nitrogens with one attached hydrogen (secondary N) is 3. The summed E-state index contributed by atoms with van der Waals surface area (Å²) in [4.78, 5) is 51.1. The first-order valence-electron chi connectivity index (χ1n) is 14.2. The molecule has 0 aromatic heterocycles. The van der Waals surface area contributed by atoms with Crippen LogP contribution in [0.2, 0.25) is 0 Å². The van der Waals surface area contributed by atoms with Crippen molar-refractivity contribution in [1.82, 2.24) is 4.90 Å². The van der Waals surface area contributed by atoms with Gasteiger partial charge >= 0.3 is 24.1 Å². The van der Waals surface area contributed by atoms with Crippen LogP contribution in [0, 0.1) is 6.92 Å². The van der Waals surface area contributed by atoms with Crippen LogP contribution in [0.3, 0.4) is 0 Å². The quantitative estimate of drug-likeness (QED) is 0.247. The summed E-state index contributed by atoms with van der Waals surface area (Å²) in [6, 6.07) is 15.0. The van der Waals surface area contributed by atoms with Crippen molar-refractivity contribution in [2.24, 2.45) is 0 Å². The van der Waals surface area contributed by atoms with E-state index in [2.05, 4.69) is 15.4 Å². The first-order chi connectivity index (χ1) is 21.9. The van der Waals surface area contributed by atoms with E-state index in [0.717, 1.165) is 18.7 Å². The van der Waals surface area contributed by atoms with Gasteiger partial charge in [0.2, 0.25) is 5.91 Å². The van der Waals surface area contributed by atoms with Gasteiger partial charge in [0.05, 0.1) is 43.6 Å². The maximum Gasteiger partial charge on any atom is 0.471 e. The van der Waals surface area contributed by atoms with Crippen LogP contribution in [-0.4, -0.2) is 68.3 Å². The number of likely N-dealkylation sites (tertiary alicyclic amines) is 1. The number of carbonyl (C=O) groups is 4. The Hall–Kier alpha value is -5.27. The van der Waals surface area contributed by atoms with E-state index in [1.807, 2.05) is 25.1 Å². The van der Waals surface area contributed by atoms with E-state index in [0.29, 0.717) is 42.1 Å². The molecule has 3 aromatic rings. The highest BCUT2D eigenvalue weighted by molar-refractivity contribution is 6.01. The van der Waals surface area contributed by atoms with E-state index < -0.39 is 30.1 Å². The number of aryl methyl sites for hydroxylation is 1. The molecule has 0 aliphatic carbocycles. The van der Waals surface area contributed by atoms with Gasteiger partial charge in [-0.2, -0.15) is 13.2 Å². The average Bonchev–Trinajstić information content (AvgIpc) is 3.50. The zero-order valence-electron chi connectivity index (χ0n) is 25.3. The highest BCUT2D eigenvalue weighted by Crippen LogP contribution is 2.31. The van der Waals surface area contributed by atoms with Crippen molar-refractivity contribution < 1.29 is 46.6 Å². The van der Waals surface area contributed by atoms with E-state index in [9.17, 15) is 32.3 Å². The standard InChI is InChI=1S/C32H33F3N4O7/c1-19-7-4-5-9-23(19)37-31(43)38-24-12-10-20(15-27(24)44-2)16-28(40)39-14-6-8-22(39)18-46-26-13-11-21(29(41)45-3)17-25(26)36-30(42)32(33,34)35/h4-5,7,9-13,15,17,22H,6,8,14,16,18H2,1-3H3,(H,36,42)(H2,37,38,43)/t22-/m0/s1. The Balaban J connectivity index is 1.41. The molecule has 0 saturated carbocycles. The molecule has 0 bridgehead atoms. The van der Waals surface area contributed by atoms with Gasteiger partial charge in [-0.15, -0.1) is 0 Å². The highest BCUT2D eigenvalue weighted by atomic mass is 19.4. The number of ether oxygens (including phenoxy) is 3. The number of urea groups is 1. The molecular weight excluding hydrogens is 609 g/mol. The molecule has 0 radical (unpaired) electrons. The van der Waals surface area contributed by atoms with Gasteiger partial charge in [0, 0.05) is 12.2 Å². The fraction of sp³-hybridized carbons (Fsp3) is 0.312. The molecule has 1 saturated heterocycles. The van der Waals surface area contributed by atoms with E-state index in [1.54, 1.807) is 34.5 Å². The van der Waals surface area contributed by atoms with E-state index in [-0.39, 0.29) is 35.9 Å². The van der Waals surface area contributed by atoms with Gasteiger partial charge in [0.25, 0.3) is 0 Å². The molecule has 1 aliphatic rings. The lowest BCUT2D eigenvalue weighted by Gasteiger charge is -2.25. The topological polar surface area (TPSA) is 135 Å². The molecule has 1 heterocycles. The number of carbonyl (C=O) groups excluding carboxylic acids is 4. The van der Waals surface area contributed by atoms with Gasteiger partial charge < -0.3 is 35.1 Å². The molecule has 1 fully saturated rings. The van der Waals surface area contributed by atoms with Gasteiger partial charge in [-0.3, -0.25) is 9.59 Å². The van der Waals surface area contributed by atoms with Crippen LogP contribution in [0.4, 0.5) is 35.0 Å². The van der Waals surface area contributed by atoms with Gasteiger partial charge in [-0.05, 0) is 67.3 Å². The van der Waals surface area contributed by atoms with Gasteiger partial charge in [0.15, 0.2) is 0 Å². The Morgan fingerprint density at radius 3 is 2.33 bits per heavy atom. The zero-order valence-corrected chi connectivity index (χ0v) is 25.3. The number of para-hydroxylation sites is 1. The van der Waals surface area contributed by atoms with Crippen LogP contribution in [0.25, 0.3) is 0 Å². The summed E-state index contributed by atoms with van der Waals surface area (Å²) in [6.07, 6.45) is -3.89. The predicted molar refractivity (Wildman–Crippen MR) is 163 cm³/mol. The van der Waals surface area contributed by atoms with Crippen molar-refractivity contribution >= 4 is 40.9 Å². The number of hydrogen-bond acceptors (Lipinski definition) is 7. The van der Waals surface area contributed by atoms with E-state index in [4.69, 9.17) is 9.47 Å². The van der Waals surface area contributed by atoms with Crippen LogP contribution in [0.1, 0.15) is 34.3 Å². The number of amides is 4. The lowest BCUT2D eigenvalue weighted by molar-refractivity contribution is -0.167. The molecule has 1 atom stereocenters. The Morgan fingerprint density at radius 2 is 1.63 bits per heavy atom. The maximum atomic E-state index is 13.3. The fourth-order valence-electron chi connectivity index (χ4n) is 4.93. The molecule has 3 aromatic carbocycles. The van der Waals surface area contributed by atoms with Crippen LogP contribution >= 0.6 is 0 Å². The minimum absolute atomic E-state index is 0.0171. The third-order valence-corrected chi connectivity index (χ3v) is 7.30. The summed E-state index contributed by atoms with van der Waals surface area (Å²) in [5, 5.41) is 7.27. The van der Waals surface area contributed by atoms with Gasteiger partial charge in [0.1, 0.15) is 18.1 Å². The molecule has 4 amide bonds.